The maximum Gasteiger partial charge on any atom is 0.215 e. The number of hydrogen-bond acceptors (Lipinski definition) is 5. The normalized spacial score (nSPS) is 11.1. The molecule has 6 aromatic carbocycles. The zero-order valence-electron chi connectivity index (χ0n) is 27.2. The van der Waals surface area contributed by atoms with Crippen molar-refractivity contribution in [2.75, 3.05) is 0 Å². The summed E-state index contributed by atoms with van der Waals surface area (Å²) in [6, 6.07) is 55.1. The Morgan fingerprint density at radius 2 is 0.941 bits per heavy atom. The summed E-state index contributed by atoms with van der Waals surface area (Å²) in [7, 11) is 0. The Labute approximate surface area is 299 Å². The molecule has 0 radical (unpaired) electrons. The van der Waals surface area contributed by atoms with Crippen LogP contribution in [0, 0.1) is 6.57 Å². The Bertz CT molecular complexity index is 2730. The second kappa shape index (κ2) is 12.9. The monoisotopic (exact) mass is 669 g/mol. The van der Waals surface area contributed by atoms with E-state index in [0.717, 1.165) is 70.5 Å². The molecule has 238 valence electrons. The molecule has 9 aromatic rings. The Hall–Kier alpha value is -6.81. The molecule has 0 aliphatic rings. The van der Waals surface area contributed by atoms with Gasteiger partial charge in [0.05, 0.1) is 17.8 Å². The van der Waals surface area contributed by atoms with Crippen LogP contribution in [0.25, 0.3) is 92.8 Å². The Morgan fingerprint density at radius 3 is 1.61 bits per heavy atom. The lowest BCUT2D eigenvalue weighted by Gasteiger charge is -2.10. The van der Waals surface area contributed by atoms with Gasteiger partial charge in [-0.2, -0.15) is 0 Å². The lowest BCUT2D eigenvalue weighted by molar-refractivity contribution is 1.07. The number of thiophene rings is 1. The second-order valence-corrected chi connectivity index (χ2v) is 13.2. The first-order chi connectivity index (χ1) is 25.2. The summed E-state index contributed by atoms with van der Waals surface area (Å²) in [6.07, 6.45) is 0. The summed E-state index contributed by atoms with van der Waals surface area (Å²) in [4.78, 5) is 25.0. The van der Waals surface area contributed by atoms with Gasteiger partial charge in [-0.15, -0.1) is 11.3 Å². The van der Waals surface area contributed by atoms with Gasteiger partial charge in [0.2, 0.25) is 5.69 Å². The maximum absolute atomic E-state index is 8.33. The summed E-state index contributed by atoms with van der Waals surface area (Å²) in [6.45, 7) is 8.33. The molecule has 0 unspecified atom stereocenters. The van der Waals surface area contributed by atoms with E-state index in [1.807, 2.05) is 109 Å². The van der Waals surface area contributed by atoms with Crippen LogP contribution in [0.2, 0.25) is 0 Å². The molecule has 3 aromatic heterocycles. The van der Waals surface area contributed by atoms with Crippen LogP contribution < -0.4 is 0 Å². The largest absolute Gasteiger partial charge is 0.248 e. The molecule has 0 aliphatic heterocycles. The molecule has 0 bridgehead atoms. The summed E-state index contributed by atoms with van der Waals surface area (Å²) in [5.41, 5.74) is 9.23. The number of para-hydroxylation sites is 1. The summed E-state index contributed by atoms with van der Waals surface area (Å²) < 4.78 is 1.07. The molecular formula is C45H27N5S. The van der Waals surface area contributed by atoms with Gasteiger partial charge in [-0.05, 0) is 34.4 Å². The van der Waals surface area contributed by atoms with Crippen LogP contribution in [0.3, 0.4) is 0 Å². The molecule has 0 saturated carbocycles. The van der Waals surface area contributed by atoms with Crippen molar-refractivity contribution in [2.24, 2.45) is 0 Å². The van der Waals surface area contributed by atoms with Gasteiger partial charge in [-0.3, -0.25) is 0 Å². The molecule has 0 aliphatic carbocycles. The molecular weight excluding hydrogens is 643 g/mol. The molecule has 3 heterocycles. The minimum Gasteiger partial charge on any atom is -0.248 e. The number of rotatable bonds is 6. The van der Waals surface area contributed by atoms with Gasteiger partial charge >= 0.3 is 0 Å². The fraction of sp³-hybridized carbons (Fsp3) is 0. The highest BCUT2D eigenvalue weighted by Gasteiger charge is 2.22. The average Bonchev–Trinajstić information content (AvgIpc) is 3.62. The van der Waals surface area contributed by atoms with Gasteiger partial charge in [-0.1, -0.05) is 152 Å². The number of benzene rings is 6. The number of nitrogens with zero attached hydrogens (tertiary/aromatic N) is 5. The third kappa shape index (κ3) is 5.62. The molecule has 51 heavy (non-hydrogen) atoms. The average molecular weight is 670 g/mol. The van der Waals surface area contributed by atoms with E-state index in [1.54, 1.807) is 11.3 Å². The van der Waals surface area contributed by atoms with Crippen molar-refractivity contribution in [3.8, 4) is 67.0 Å². The van der Waals surface area contributed by atoms with Crippen LogP contribution in [0.1, 0.15) is 0 Å². The van der Waals surface area contributed by atoms with Crippen molar-refractivity contribution >= 4 is 38.0 Å². The lowest BCUT2D eigenvalue weighted by atomic mass is 10.0. The van der Waals surface area contributed by atoms with E-state index in [1.165, 1.54) is 0 Å². The van der Waals surface area contributed by atoms with Crippen molar-refractivity contribution in [1.82, 2.24) is 19.9 Å². The number of pyridine rings is 1. The molecule has 0 spiro atoms. The zero-order valence-corrected chi connectivity index (χ0v) is 28.0. The number of hydrogen-bond donors (Lipinski definition) is 0. The highest BCUT2D eigenvalue weighted by atomic mass is 32.1. The van der Waals surface area contributed by atoms with Crippen LogP contribution in [-0.2, 0) is 0 Å². The molecule has 0 amide bonds. The van der Waals surface area contributed by atoms with E-state index in [9.17, 15) is 0 Å². The van der Waals surface area contributed by atoms with E-state index in [0.29, 0.717) is 23.2 Å². The van der Waals surface area contributed by atoms with Gasteiger partial charge in [0.1, 0.15) is 0 Å². The molecule has 0 N–H and O–H groups in total. The van der Waals surface area contributed by atoms with Gasteiger partial charge in [-0.25, -0.2) is 24.8 Å². The topological polar surface area (TPSA) is 55.9 Å². The number of fused-ring (bicyclic) bond motifs is 3. The van der Waals surface area contributed by atoms with Crippen molar-refractivity contribution in [3.63, 3.8) is 0 Å². The first-order valence-electron chi connectivity index (χ1n) is 16.6. The predicted molar refractivity (Wildman–Crippen MR) is 209 cm³/mol. The first-order valence-corrected chi connectivity index (χ1v) is 17.4. The van der Waals surface area contributed by atoms with E-state index in [-0.39, 0.29) is 0 Å². The van der Waals surface area contributed by atoms with E-state index in [4.69, 9.17) is 26.5 Å². The van der Waals surface area contributed by atoms with Crippen LogP contribution in [0.5, 0.6) is 0 Å². The van der Waals surface area contributed by atoms with Gasteiger partial charge < -0.3 is 0 Å². The molecule has 0 saturated heterocycles. The van der Waals surface area contributed by atoms with Crippen molar-refractivity contribution in [3.05, 3.63) is 175 Å². The van der Waals surface area contributed by atoms with Crippen LogP contribution in [0.15, 0.2) is 164 Å². The van der Waals surface area contributed by atoms with Crippen molar-refractivity contribution < 1.29 is 0 Å². The van der Waals surface area contributed by atoms with Gasteiger partial charge in [0.25, 0.3) is 0 Å². The molecule has 6 heteroatoms. The fourth-order valence-electron chi connectivity index (χ4n) is 6.47. The highest BCUT2D eigenvalue weighted by Crippen LogP contribution is 2.50. The van der Waals surface area contributed by atoms with Crippen LogP contribution in [0.4, 0.5) is 5.69 Å². The minimum absolute atomic E-state index is 0.582. The van der Waals surface area contributed by atoms with Crippen molar-refractivity contribution in [1.29, 1.82) is 0 Å². The SMILES string of the molecule is [C-]#[N+]c1c(-c2ccc(-c3nc(-c4ccccc4)nc(-c4cccc(-c5ccccc5)c4)n3)cc2)sc2c1c(-c1ccccc1)nc1ccccc12. The van der Waals surface area contributed by atoms with Crippen LogP contribution in [-0.4, -0.2) is 19.9 Å². The Balaban J connectivity index is 1.17. The summed E-state index contributed by atoms with van der Waals surface area (Å²) >= 11 is 1.65. The second-order valence-electron chi connectivity index (χ2n) is 12.1. The summed E-state index contributed by atoms with van der Waals surface area (Å²) in [5, 5.41) is 1.94. The van der Waals surface area contributed by atoms with E-state index >= 15 is 0 Å². The third-order valence-corrected chi connectivity index (χ3v) is 10.2. The molecule has 5 nitrogen and oxygen atoms in total. The number of aromatic nitrogens is 4. The van der Waals surface area contributed by atoms with Gasteiger partial charge in [0.15, 0.2) is 17.5 Å². The standard InChI is InChI=1S/C45H27N5S/c1-46-40-38-39(30-16-7-3-8-17-30)47-37-23-12-11-22-36(37)42(38)51-41(40)31-24-26-33(27-25-31)44-48-43(32-18-9-4-10-19-32)49-45(50-44)35-21-13-20-34(28-35)29-14-5-2-6-15-29/h2-28H. The molecule has 0 atom stereocenters. The minimum atomic E-state index is 0.582. The quantitative estimate of drug-likeness (QED) is 0.165. The lowest BCUT2D eigenvalue weighted by Crippen LogP contribution is -2.00. The highest BCUT2D eigenvalue weighted by molar-refractivity contribution is 7.24. The predicted octanol–water partition coefficient (Wildman–Crippen LogP) is 12.2. The van der Waals surface area contributed by atoms with E-state index < -0.39 is 0 Å². The fourth-order valence-corrected chi connectivity index (χ4v) is 7.75. The first kappa shape index (κ1) is 30.3. The third-order valence-electron chi connectivity index (χ3n) is 8.96. The Morgan fingerprint density at radius 1 is 0.431 bits per heavy atom. The Kier molecular flexibility index (Phi) is 7.66. The van der Waals surface area contributed by atoms with E-state index in [2.05, 4.69) is 59.4 Å². The molecule has 0 fully saturated rings. The summed E-state index contributed by atoms with van der Waals surface area (Å²) in [5.74, 6) is 1.80. The maximum atomic E-state index is 8.33. The van der Waals surface area contributed by atoms with Crippen LogP contribution >= 0.6 is 11.3 Å². The smallest absolute Gasteiger partial charge is 0.215 e. The van der Waals surface area contributed by atoms with Gasteiger partial charge in [0, 0.05) is 37.0 Å². The van der Waals surface area contributed by atoms with Crippen molar-refractivity contribution in [2.45, 2.75) is 0 Å². The molecule has 9 rings (SSSR count). The zero-order chi connectivity index (χ0) is 34.1.